The number of benzene rings is 2. The summed E-state index contributed by atoms with van der Waals surface area (Å²) in [6.07, 6.45) is -5.22. The summed E-state index contributed by atoms with van der Waals surface area (Å²) in [5.74, 6) is -0.540. The molecule has 210 valence electrons. The summed E-state index contributed by atoms with van der Waals surface area (Å²) in [6.45, 7) is 1.70. The van der Waals surface area contributed by atoms with Crippen LogP contribution in [0.3, 0.4) is 0 Å². The molecule has 0 aliphatic rings. The highest BCUT2D eigenvalue weighted by atomic mass is 35.5. The van der Waals surface area contributed by atoms with Gasteiger partial charge in [-0.2, -0.15) is 13.2 Å². The zero-order valence-electron chi connectivity index (χ0n) is 21.5. The minimum Gasteiger partial charge on any atom is -0.493 e. The number of aliphatic hydroxyl groups excluding tert-OH is 1. The molecule has 5 N–H and O–H groups in total. The molecule has 1 heterocycles. The summed E-state index contributed by atoms with van der Waals surface area (Å²) in [7, 11) is 1.32. The van der Waals surface area contributed by atoms with Gasteiger partial charge in [0, 0.05) is 21.7 Å². The normalized spacial score (nSPS) is 13.5. The van der Waals surface area contributed by atoms with Gasteiger partial charge in [-0.15, -0.1) is 0 Å². The van der Waals surface area contributed by atoms with Crippen LogP contribution in [0.1, 0.15) is 35.5 Å². The molecule has 0 saturated carbocycles. The molecule has 3 rings (SSSR count). The van der Waals surface area contributed by atoms with Crippen LogP contribution in [0.5, 0.6) is 11.5 Å². The van der Waals surface area contributed by atoms with Gasteiger partial charge in [0.05, 0.1) is 31.6 Å². The first kappa shape index (κ1) is 30.2. The van der Waals surface area contributed by atoms with Gasteiger partial charge in [0.2, 0.25) is 5.60 Å². The number of hydrogen-bond donors (Lipinski definition) is 4. The van der Waals surface area contributed by atoms with E-state index in [4.69, 9.17) is 31.9 Å². The van der Waals surface area contributed by atoms with Crippen molar-refractivity contribution >= 4 is 17.5 Å². The largest absolute Gasteiger partial charge is 0.493 e. The Balaban J connectivity index is 2.00. The number of hydrogen-bond acceptors (Lipinski definition) is 7. The number of nitrogens with one attached hydrogen (secondary N) is 1. The topological polar surface area (TPSA) is 127 Å². The minimum absolute atomic E-state index is 0.0236. The number of halogens is 4. The number of carbonyl (C=O) groups is 1. The molecule has 1 amide bonds. The van der Waals surface area contributed by atoms with Crippen LogP contribution in [0.4, 0.5) is 13.2 Å². The van der Waals surface area contributed by atoms with Gasteiger partial charge in [-0.3, -0.25) is 4.79 Å². The van der Waals surface area contributed by atoms with Crippen molar-refractivity contribution in [3.8, 4) is 22.8 Å². The number of amides is 1. The number of nitrogens with two attached hydrogens (primary N) is 1. The zero-order valence-corrected chi connectivity index (χ0v) is 22.2. The molecule has 0 aliphatic carbocycles. The predicted molar refractivity (Wildman–Crippen MR) is 140 cm³/mol. The molecule has 3 aromatic rings. The summed E-state index contributed by atoms with van der Waals surface area (Å²) < 4.78 is 53.7. The molecular formula is C27H29ClF3N3O5. The molecule has 0 aliphatic heterocycles. The van der Waals surface area contributed by atoms with Crippen LogP contribution in [-0.2, 0) is 11.1 Å². The van der Waals surface area contributed by atoms with Crippen molar-refractivity contribution in [3.05, 3.63) is 76.4 Å². The third-order valence-electron chi connectivity index (χ3n) is 5.88. The fourth-order valence-corrected chi connectivity index (χ4v) is 3.74. The van der Waals surface area contributed by atoms with E-state index >= 15 is 0 Å². The van der Waals surface area contributed by atoms with Gasteiger partial charge in [-0.1, -0.05) is 23.7 Å². The monoisotopic (exact) mass is 567 g/mol. The van der Waals surface area contributed by atoms with Gasteiger partial charge in [-0.05, 0) is 61.9 Å². The van der Waals surface area contributed by atoms with Gasteiger partial charge in [-0.25, -0.2) is 4.98 Å². The summed E-state index contributed by atoms with van der Waals surface area (Å²) >= 11 is 5.94. The van der Waals surface area contributed by atoms with Crippen LogP contribution in [0.2, 0.25) is 5.02 Å². The molecule has 12 heteroatoms. The van der Waals surface area contributed by atoms with E-state index in [0.717, 1.165) is 6.07 Å². The minimum atomic E-state index is -5.22. The average molecular weight is 568 g/mol. The first-order valence-corrected chi connectivity index (χ1v) is 12.1. The van der Waals surface area contributed by atoms with E-state index in [2.05, 4.69) is 10.3 Å². The Morgan fingerprint density at radius 1 is 1.08 bits per heavy atom. The standard InChI is InChI=1S/C27H29ClF3N3O5/c1-25(2,32)18-13-20(16-4-7-19(28)8-5-16)34-23(14-18)26(37,27(29,30)31)15-33-24(36)17-6-9-21(39-11-10-35)22(12-17)38-3/h4-9,12-14,35,37H,10-11,15,32H2,1-3H3,(H,33,36). The van der Waals surface area contributed by atoms with Crippen LogP contribution >= 0.6 is 11.6 Å². The van der Waals surface area contributed by atoms with E-state index < -0.39 is 35.5 Å². The highest BCUT2D eigenvalue weighted by Gasteiger charge is 2.56. The van der Waals surface area contributed by atoms with E-state index in [1.165, 1.54) is 31.4 Å². The van der Waals surface area contributed by atoms with Crippen molar-refractivity contribution in [2.75, 3.05) is 26.9 Å². The van der Waals surface area contributed by atoms with Crippen LogP contribution in [0.15, 0.2) is 54.6 Å². The number of aliphatic hydroxyl groups is 2. The molecule has 0 spiro atoms. The third kappa shape index (κ3) is 6.99. The predicted octanol–water partition coefficient (Wildman–Crippen LogP) is 4.16. The Morgan fingerprint density at radius 3 is 2.31 bits per heavy atom. The maximum absolute atomic E-state index is 14.4. The molecule has 1 aromatic heterocycles. The van der Waals surface area contributed by atoms with E-state index in [-0.39, 0.29) is 41.5 Å². The van der Waals surface area contributed by atoms with Gasteiger partial charge in [0.25, 0.3) is 5.91 Å². The molecule has 0 bridgehead atoms. The van der Waals surface area contributed by atoms with Crippen LogP contribution in [0.25, 0.3) is 11.3 Å². The lowest BCUT2D eigenvalue weighted by molar-refractivity contribution is -0.265. The van der Waals surface area contributed by atoms with Crippen molar-refractivity contribution in [2.24, 2.45) is 5.73 Å². The second-order valence-electron chi connectivity index (χ2n) is 9.33. The fourth-order valence-electron chi connectivity index (χ4n) is 3.61. The number of pyridine rings is 1. The summed E-state index contributed by atoms with van der Waals surface area (Å²) in [4.78, 5) is 16.9. The van der Waals surface area contributed by atoms with Gasteiger partial charge >= 0.3 is 6.18 Å². The van der Waals surface area contributed by atoms with Gasteiger partial charge in [0.1, 0.15) is 6.61 Å². The third-order valence-corrected chi connectivity index (χ3v) is 6.13. The highest BCUT2D eigenvalue weighted by molar-refractivity contribution is 6.30. The number of rotatable bonds is 10. The number of aromatic nitrogens is 1. The average Bonchev–Trinajstić information content (AvgIpc) is 2.89. The zero-order chi connectivity index (χ0) is 29.0. The van der Waals surface area contributed by atoms with Crippen molar-refractivity contribution in [1.82, 2.24) is 10.3 Å². The number of alkyl halides is 3. The van der Waals surface area contributed by atoms with Crippen LogP contribution in [-0.4, -0.2) is 54.1 Å². The SMILES string of the molecule is COc1cc(C(=O)NCC(O)(c2cc(C(C)(C)N)cc(-c3ccc(Cl)cc3)n2)C(F)(F)F)ccc1OCCO. The summed E-state index contributed by atoms with van der Waals surface area (Å²) in [6, 6.07) is 12.9. The highest BCUT2D eigenvalue weighted by Crippen LogP contribution is 2.40. The van der Waals surface area contributed by atoms with Crippen LogP contribution in [0, 0.1) is 0 Å². The van der Waals surface area contributed by atoms with Crippen molar-refractivity contribution in [3.63, 3.8) is 0 Å². The van der Waals surface area contributed by atoms with Crippen molar-refractivity contribution in [1.29, 1.82) is 0 Å². The van der Waals surface area contributed by atoms with Crippen molar-refractivity contribution in [2.45, 2.75) is 31.2 Å². The first-order valence-electron chi connectivity index (χ1n) is 11.8. The fraction of sp³-hybridized carbons (Fsp3) is 0.333. The Labute approximate surface area is 228 Å². The summed E-state index contributed by atoms with van der Waals surface area (Å²) in [5.41, 5.74) is 1.66. The van der Waals surface area contributed by atoms with Gasteiger partial charge < -0.3 is 30.7 Å². The van der Waals surface area contributed by atoms with E-state index in [9.17, 15) is 23.1 Å². The number of ether oxygens (including phenoxy) is 2. The van der Waals surface area contributed by atoms with Gasteiger partial charge in [0.15, 0.2) is 11.5 Å². The lowest BCUT2D eigenvalue weighted by atomic mass is 9.89. The lowest BCUT2D eigenvalue weighted by Gasteiger charge is -2.32. The lowest BCUT2D eigenvalue weighted by Crippen LogP contribution is -2.51. The summed E-state index contributed by atoms with van der Waals surface area (Å²) in [5, 5.41) is 22.5. The number of methoxy groups -OCH3 is 1. The molecule has 0 saturated heterocycles. The smallest absolute Gasteiger partial charge is 0.424 e. The molecule has 1 unspecified atom stereocenters. The molecule has 39 heavy (non-hydrogen) atoms. The molecule has 1 atom stereocenters. The molecule has 0 radical (unpaired) electrons. The Bertz CT molecular complexity index is 1310. The molecule has 0 fully saturated rings. The Kier molecular flexibility index (Phi) is 9.12. The van der Waals surface area contributed by atoms with E-state index in [1.807, 2.05) is 0 Å². The first-order chi connectivity index (χ1) is 18.2. The van der Waals surface area contributed by atoms with E-state index in [0.29, 0.717) is 10.6 Å². The molecular weight excluding hydrogens is 539 g/mol. The Hall–Kier alpha value is -3.38. The van der Waals surface area contributed by atoms with E-state index in [1.54, 1.807) is 38.1 Å². The second-order valence-corrected chi connectivity index (χ2v) is 9.77. The number of carbonyl (C=O) groups excluding carboxylic acids is 1. The number of nitrogens with zero attached hydrogens (tertiary/aromatic N) is 1. The second kappa shape index (κ2) is 11.8. The molecule has 2 aromatic carbocycles. The maximum atomic E-state index is 14.4. The van der Waals surface area contributed by atoms with Crippen LogP contribution < -0.4 is 20.5 Å². The maximum Gasteiger partial charge on any atom is 0.424 e. The Morgan fingerprint density at radius 2 is 1.74 bits per heavy atom. The van der Waals surface area contributed by atoms with Crippen molar-refractivity contribution < 1.29 is 37.7 Å². The molecule has 8 nitrogen and oxygen atoms in total. The quantitative estimate of drug-likeness (QED) is 0.290.